The van der Waals surface area contributed by atoms with Crippen LogP contribution in [0.25, 0.3) is 0 Å². The highest BCUT2D eigenvalue weighted by Crippen LogP contribution is 2.23. The molecule has 0 heterocycles. The van der Waals surface area contributed by atoms with Crippen LogP contribution in [-0.4, -0.2) is 23.0 Å². The zero-order chi connectivity index (χ0) is 12.1. The first-order chi connectivity index (χ1) is 7.54. The van der Waals surface area contributed by atoms with E-state index >= 15 is 0 Å². The van der Waals surface area contributed by atoms with Gasteiger partial charge in [-0.1, -0.05) is 12.1 Å². The molecule has 1 aliphatic carbocycles. The lowest BCUT2D eigenvalue weighted by Crippen LogP contribution is -2.43. The van der Waals surface area contributed by atoms with Crippen LogP contribution in [0.15, 0.2) is 5.16 Å². The third-order valence-corrected chi connectivity index (χ3v) is 3.31. The van der Waals surface area contributed by atoms with Crippen LogP contribution in [0.4, 0.5) is 0 Å². The van der Waals surface area contributed by atoms with Crippen LogP contribution in [0.1, 0.15) is 39.5 Å². The zero-order valence-electron chi connectivity index (χ0n) is 9.94. The van der Waals surface area contributed by atoms with Crippen molar-refractivity contribution in [2.45, 2.75) is 45.6 Å². The average molecular weight is 227 g/mol. The number of nitrogens with one attached hydrogen (secondary N) is 1. The molecular formula is C11H21N3O2. The van der Waals surface area contributed by atoms with E-state index in [9.17, 15) is 4.79 Å². The van der Waals surface area contributed by atoms with Gasteiger partial charge >= 0.3 is 0 Å². The second kappa shape index (κ2) is 5.72. The van der Waals surface area contributed by atoms with E-state index in [4.69, 9.17) is 10.9 Å². The van der Waals surface area contributed by atoms with Crippen molar-refractivity contribution in [2.24, 2.45) is 22.7 Å². The van der Waals surface area contributed by atoms with Crippen LogP contribution >= 0.6 is 0 Å². The predicted octanol–water partition coefficient (Wildman–Crippen LogP) is 1.06. The van der Waals surface area contributed by atoms with E-state index in [1.54, 1.807) is 6.92 Å². The number of amidine groups is 1. The molecule has 0 bridgehead atoms. The van der Waals surface area contributed by atoms with Gasteiger partial charge in [-0.2, -0.15) is 0 Å². The van der Waals surface area contributed by atoms with Gasteiger partial charge in [-0.25, -0.2) is 0 Å². The Labute approximate surface area is 96.1 Å². The van der Waals surface area contributed by atoms with Crippen molar-refractivity contribution in [1.82, 2.24) is 5.32 Å². The smallest absolute Gasteiger partial charge is 0.230 e. The van der Waals surface area contributed by atoms with Crippen LogP contribution in [0.3, 0.4) is 0 Å². The highest BCUT2D eigenvalue weighted by atomic mass is 16.4. The van der Waals surface area contributed by atoms with Crippen molar-refractivity contribution in [2.75, 3.05) is 0 Å². The molecule has 16 heavy (non-hydrogen) atoms. The summed E-state index contributed by atoms with van der Waals surface area (Å²) in [4.78, 5) is 11.7. The first-order valence-electron chi connectivity index (χ1n) is 5.82. The van der Waals surface area contributed by atoms with Crippen LogP contribution in [0, 0.1) is 11.8 Å². The Morgan fingerprint density at radius 3 is 2.50 bits per heavy atom. The second-order valence-electron chi connectivity index (χ2n) is 4.71. The van der Waals surface area contributed by atoms with Gasteiger partial charge in [0.25, 0.3) is 0 Å². The summed E-state index contributed by atoms with van der Waals surface area (Å²) in [5.74, 6) is -0.00414. The highest BCUT2D eigenvalue weighted by Gasteiger charge is 2.23. The Morgan fingerprint density at radius 2 is 2.00 bits per heavy atom. The monoisotopic (exact) mass is 227 g/mol. The fourth-order valence-corrected chi connectivity index (χ4v) is 1.95. The summed E-state index contributed by atoms with van der Waals surface area (Å²) in [6, 6.07) is 0.248. The molecule has 0 aromatic heterocycles. The van der Waals surface area contributed by atoms with Crippen molar-refractivity contribution >= 4 is 11.7 Å². The van der Waals surface area contributed by atoms with Crippen LogP contribution in [0.2, 0.25) is 0 Å². The normalized spacial score (nSPS) is 28.5. The molecule has 1 rings (SSSR count). The minimum Gasteiger partial charge on any atom is -0.409 e. The molecule has 0 aromatic carbocycles. The molecule has 0 radical (unpaired) electrons. The molecule has 5 heteroatoms. The standard InChI is InChI=1S/C11H21N3O2/c1-7-3-5-9(6-4-7)13-11(15)8(2)10(12)14-16/h7-9,16H,3-6H2,1-2H3,(H2,12,14)(H,13,15). The third kappa shape index (κ3) is 3.40. The van der Waals surface area contributed by atoms with Gasteiger partial charge in [0.15, 0.2) is 5.84 Å². The van der Waals surface area contributed by atoms with E-state index in [1.165, 1.54) is 0 Å². The summed E-state index contributed by atoms with van der Waals surface area (Å²) < 4.78 is 0. The minimum atomic E-state index is -0.565. The van der Waals surface area contributed by atoms with Gasteiger partial charge in [-0.3, -0.25) is 4.79 Å². The molecule has 1 saturated carbocycles. The van der Waals surface area contributed by atoms with Gasteiger partial charge in [0, 0.05) is 6.04 Å². The van der Waals surface area contributed by atoms with Gasteiger partial charge in [0.1, 0.15) is 0 Å². The maximum absolute atomic E-state index is 11.7. The second-order valence-corrected chi connectivity index (χ2v) is 4.71. The maximum atomic E-state index is 11.7. The van der Waals surface area contributed by atoms with Gasteiger partial charge in [0.2, 0.25) is 5.91 Å². The molecule has 0 spiro atoms. The highest BCUT2D eigenvalue weighted by molar-refractivity contribution is 6.01. The van der Waals surface area contributed by atoms with Crippen molar-refractivity contribution in [1.29, 1.82) is 0 Å². The van der Waals surface area contributed by atoms with E-state index < -0.39 is 5.92 Å². The lowest BCUT2D eigenvalue weighted by atomic mass is 9.87. The molecule has 1 fully saturated rings. The first-order valence-corrected chi connectivity index (χ1v) is 5.82. The average Bonchev–Trinajstić information content (AvgIpc) is 2.30. The first kappa shape index (κ1) is 12.8. The summed E-state index contributed by atoms with van der Waals surface area (Å²) in [6.07, 6.45) is 4.36. The van der Waals surface area contributed by atoms with Gasteiger partial charge < -0.3 is 16.3 Å². The number of rotatable bonds is 3. The maximum Gasteiger partial charge on any atom is 0.230 e. The van der Waals surface area contributed by atoms with E-state index in [2.05, 4.69) is 17.4 Å². The number of hydrogen-bond acceptors (Lipinski definition) is 3. The molecular weight excluding hydrogens is 206 g/mol. The molecule has 5 nitrogen and oxygen atoms in total. The van der Waals surface area contributed by atoms with Crippen molar-refractivity contribution in [3.63, 3.8) is 0 Å². The van der Waals surface area contributed by atoms with E-state index in [1.807, 2.05) is 0 Å². The molecule has 1 unspecified atom stereocenters. The predicted molar refractivity (Wildman–Crippen MR) is 62.1 cm³/mol. The summed E-state index contributed by atoms with van der Waals surface area (Å²) in [5.41, 5.74) is 5.38. The number of carbonyl (C=O) groups excluding carboxylic acids is 1. The molecule has 0 saturated heterocycles. The fraction of sp³-hybridized carbons (Fsp3) is 0.818. The van der Waals surface area contributed by atoms with Gasteiger partial charge in [0.05, 0.1) is 5.92 Å². The van der Waals surface area contributed by atoms with Crippen LogP contribution in [-0.2, 0) is 4.79 Å². The minimum absolute atomic E-state index is 0.0401. The lowest BCUT2D eigenvalue weighted by Gasteiger charge is -2.27. The summed E-state index contributed by atoms with van der Waals surface area (Å²) in [7, 11) is 0. The molecule has 1 aliphatic rings. The topological polar surface area (TPSA) is 87.7 Å². The molecule has 1 atom stereocenters. The zero-order valence-corrected chi connectivity index (χ0v) is 9.94. The molecule has 0 aromatic rings. The van der Waals surface area contributed by atoms with Gasteiger partial charge in [-0.05, 0) is 38.5 Å². The Hall–Kier alpha value is -1.26. The Morgan fingerprint density at radius 1 is 1.44 bits per heavy atom. The Bertz CT molecular complexity index is 270. The number of amides is 1. The third-order valence-electron chi connectivity index (χ3n) is 3.31. The largest absolute Gasteiger partial charge is 0.409 e. The summed E-state index contributed by atoms with van der Waals surface area (Å²) >= 11 is 0. The van der Waals surface area contributed by atoms with Crippen LogP contribution in [0.5, 0.6) is 0 Å². The lowest BCUT2D eigenvalue weighted by molar-refractivity contribution is -0.123. The van der Waals surface area contributed by atoms with Gasteiger partial charge in [-0.15, -0.1) is 0 Å². The number of nitrogens with two attached hydrogens (primary N) is 1. The summed E-state index contributed by atoms with van der Waals surface area (Å²) in [6.45, 7) is 3.87. The SMILES string of the molecule is CC1CCC(NC(=O)C(C)C(N)=NO)CC1. The number of carbonyl (C=O) groups is 1. The summed E-state index contributed by atoms with van der Waals surface area (Å²) in [5, 5.41) is 14.3. The van der Waals surface area contributed by atoms with E-state index in [0.29, 0.717) is 0 Å². The van der Waals surface area contributed by atoms with E-state index in [-0.39, 0.29) is 17.8 Å². The van der Waals surface area contributed by atoms with E-state index in [0.717, 1.165) is 31.6 Å². The molecule has 92 valence electrons. The van der Waals surface area contributed by atoms with Crippen LogP contribution < -0.4 is 11.1 Å². The van der Waals surface area contributed by atoms with Crippen molar-refractivity contribution in [3.05, 3.63) is 0 Å². The Balaban J connectivity index is 2.40. The number of nitrogens with zero attached hydrogens (tertiary/aromatic N) is 1. The number of oxime groups is 1. The molecule has 0 aliphatic heterocycles. The number of hydrogen-bond donors (Lipinski definition) is 3. The van der Waals surface area contributed by atoms with Crippen molar-refractivity contribution < 1.29 is 10.0 Å². The molecule has 4 N–H and O–H groups in total. The Kier molecular flexibility index (Phi) is 4.58. The molecule has 1 amide bonds. The van der Waals surface area contributed by atoms with Crippen molar-refractivity contribution in [3.8, 4) is 0 Å². The quantitative estimate of drug-likeness (QED) is 0.291. The fourth-order valence-electron chi connectivity index (χ4n) is 1.95.